The van der Waals surface area contributed by atoms with Gasteiger partial charge in [-0.25, -0.2) is 4.79 Å². The standard InChI is InChI=1S/C7H9NO2S/c9-7(10)5-2-4-11-6-1-3-8(5)6/h2,6H,1,3-4H2,(H,9,10). The maximum absolute atomic E-state index is 10.6. The number of rotatable bonds is 1. The molecule has 4 heteroatoms. The second-order valence-corrected chi connectivity index (χ2v) is 3.88. The molecule has 1 atom stereocenters. The van der Waals surface area contributed by atoms with Crippen molar-refractivity contribution in [1.29, 1.82) is 0 Å². The van der Waals surface area contributed by atoms with E-state index in [1.165, 1.54) is 0 Å². The van der Waals surface area contributed by atoms with Crippen LogP contribution in [0, 0.1) is 0 Å². The Bertz CT molecular complexity index is 226. The molecule has 1 fully saturated rings. The van der Waals surface area contributed by atoms with Gasteiger partial charge in [-0.3, -0.25) is 0 Å². The first-order chi connectivity index (χ1) is 5.29. The Morgan fingerprint density at radius 3 is 3.09 bits per heavy atom. The smallest absolute Gasteiger partial charge is 0.351 e. The third kappa shape index (κ3) is 1.01. The van der Waals surface area contributed by atoms with Crippen molar-refractivity contribution in [3.8, 4) is 0 Å². The van der Waals surface area contributed by atoms with E-state index in [4.69, 9.17) is 5.11 Å². The lowest BCUT2D eigenvalue weighted by Crippen LogP contribution is -2.48. The summed E-state index contributed by atoms with van der Waals surface area (Å²) in [5.41, 5.74) is 0.500. The Morgan fingerprint density at radius 1 is 1.82 bits per heavy atom. The van der Waals surface area contributed by atoms with Gasteiger partial charge in [0.05, 0.1) is 5.37 Å². The summed E-state index contributed by atoms with van der Waals surface area (Å²) in [7, 11) is 0. The van der Waals surface area contributed by atoms with E-state index in [9.17, 15) is 4.79 Å². The Hall–Kier alpha value is -0.640. The summed E-state index contributed by atoms with van der Waals surface area (Å²) in [6, 6.07) is 0. The second kappa shape index (κ2) is 2.44. The Labute approximate surface area is 69.1 Å². The van der Waals surface area contributed by atoms with Crippen molar-refractivity contribution in [2.45, 2.75) is 11.8 Å². The van der Waals surface area contributed by atoms with Crippen LogP contribution in [0.15, 0.2) is 11.8 Å². The predicted molar refractivity (Wildman–Crippen MR) is 43.3 cm³/mol. The molecule has 1 unspecified atom stereocenters. The van der Waals surface area contributed by atoms with E-state index < -0.39 is 5.97 Å². The van der Waals surface area contributed by atoms with Crippen LogP contribution >= 0.6 is 11.8 Å². The molecule has 11 heavy (non-hydrogen) atoms. The maximum atomic E-state index is 10.6. The van der Waals surface area contributed by atoms with Crippen molar-refractivity contribution in [2.24, 2.45) is 0 Å². The molecule has 1 N–H and O–H groups in total. The SMILES string of the molecule is O=C(O)C1=CCSC2CCN12. The summed E-state index contributed by atoms with van der Waals surface area (Å²) in [6.07, 6.45) is 2.93. The van der Waals surface area contributed by atoms with Crippen LogP contribution in [0.4, 0.5) is 0 Å². The van der Waals surface area contributed by atoms with Crippen LogP contribution in [-0.2, 0) is 4.79 Å². The zero-order valence-electron chi connectivity index (χ0n) is 5.99. The molecule has 2 rings (SSSR count). The lowest BCUT2D eigenvalue weighted by molar-refractivity contribution is -0.135. The second-order valence-electron chi connectivity index (χ2n) is 2.66. The van der Waals surface area contributed by atoms with Crippen LogP contribution in [-0.4, -0.2) is 33.6 Å². The van der Waals surface area contributed by atoms with Crippen LogP contribution in [0.1, 0.15) is 6.42 Å². The lowest BCUT2D eigenvalue weighted by atomic mass is 10.2. The van der Waals surface area contributed by atoms with E-state index in [0.29, 0.717) is 11.1 Å². The van der Waals surface area contributed by atoms with Gasteiger partial charge >= 0.3 is 5.97 Å². The highest BCUT2D eigenvalue weighted by molar-refractivity contribution is 8.00. The van der Waals surface area contributed by atoms with E-state index in [-0.39, 0.29) is 0 Å². The zero-order chi connectivity index (χ0) is 7.84. The molecule has 0 spiro atoms. The van der Waals surface area contributed by atoms with Crippen molar-refractivity contribution in [1.82, 2.24) is 4.90 Å². The Balaban J connectivity index is 2.18. The fraction of sp³-hybridized carbons (Fsp3) is 0.571. The van der Waals surface area contributed by atoms with Gasteiger partial charge in [0.15, 0.2) is 0 Å². The first-order valence-corrected chi connectivity index (χ1v) is 4.65. The van der Waals surface area contributed by atoms with Gasteiger partial charge in [-0.05, 0) is 12.5 Å². The number of nitrogens with zero attached hydrogens (tertiary/aromatic N) is 1. The van der Waals surface area contributed by atoms with Crippen molar-refractivity contribution in [2.75, 3.05) is 12.3 Å². The molecule has 0 aromatic heterocycles. The molecule has 3 nitrogen and oxygen atoms in total. The summed E-state index contributed by atoms with van der Waals surface area (Å²) in [5, 5.41) is 9.19. The zero-order valence-corrected chi connectivity index (χ0v) is 6.80. The molecule has 0 amide bonds. The number of aliphatic carboxylic acids is 1. The van der Waals surface area contributed by atoms with Gasteiger partial charge in [-0.15, -0.1) is 11.8 Å². The van der Waals surface area contributed by atoms with Crippen molar-refractivity contribution in [3.63, 3.8) is 0 Å². The average molecular weight is 171 g/mol. The van der Waals surface area contributed by atoms with Gasteiger partial charge in [0, 0.05) is 12.3 Å². The minimum atomic E-state index is -0.782. The average Bonchev–Trinajstić information content (AvgIpc) is 1.90. The van der Waals surface area contributed by atoms with Crippen LogP contribution in [0.5, 0.6) is 0 Å². The molecule has 0 aromatic carbocycles. The van der Waals surface area contributed by atoms with E-state index >= 15 is 0 Å². The number of carboxylic acids is 1. The van der Waals surface area contributed by atoms with Crippen LogP contribution < -0.4 is 0 Å². The van der Waals surface area contributed by atoms with Gasteiger partial charge in [0.25, 0.3) is 0 Å². The fourth-order valence-corrected chi connectivity index (χ4v) is 2.53. The van der Waals surface area contributed by atoms with Crippen LogP contribution in [0.25, 0.3) is 0 Å². The number of hydrogen-bond donors (Lipinski definition) is 1. The number of carboxylic acid groups (broad SMARTS) is 1. The fourth-order valence-electron chi connectivity index (χ4n) is 1.38. The monoisotopic (exact) mass is 171 g/mol. The van der Waals surface area contributed by atoms with Gasteiger partial charge in [-0.1, -0.05) is 0 Å². The molecule has 0 aliphatic carbocycles. The number of thioether (sulfide) groups is 1. The Morgan fingerprint density at radius 2 is 2.64 bits per heavy atom. The highest BCUT2D eigenvalue weighted by atomic mass is 32.2. The third-order valence-electron chi connectivity index (χ3n) is 2.06. The van der Waals surface area contributed by atoms with E-state index in [2.05, 4.69) is 0 Å². The maximum Gasteiger partial charge on any atom is 0.351 e. The quantitative estimate of drug-likeness (QED) is 0.631. The lowest BCUT2D eigenvalue weighted by Gasteiger charge is -2.44. The summed E-state index contributed by atoms with van der Waals surface area (Å²) in [4.78, 5) is 12.6. The molecular formula is C7H9NO2S. The molecular weight excluding hydrogens is 162 g/mol. The molecule has 2 aliphatic rings. The van der Waals surface area contributed by atoms with Gasteiger partial charge in [0.1, 0.15) is 5.70 Å². The Kier molecular flexibility index (Phi) is 1.56. The molecule has 0 bridgehead atoms. The van der Waals surface area contributed by atoms with Crippen molar-refractivity contribution in [3.05, 3.63) is 11.8 Å². The number of carbonyl (C=O) groups is 1. The van der Waals surface area contributed by atoms with Crippen LogP contribution in [0.2, 0.25) is 0 Å². The molecule has 0 aromatic rings. The summed E-state index contributed by atoms with van der Waals surface area (Å²) in [6.45, 7) is 0.913. The highest BCUT2D eigenvalue weighted by Crippen LogP contribution is 2.35. The van der Waals surface area contributed by atoms with E-state index in [1.807, 2.05) is 16.7 Å². The molecule has 60 valence electrons. The third-order valence-corrected chi connectivity index (χ3v) is 3.29. The van der Waals surface area contributed by atoms with Crippen molar-refractivity contribution < 1.29 is 9.90 Å². The highest BCUT2D eigenvalue weighted by Gasteiger charge is 2.34. The summed E-state index contributed by atoms with van der Waals surface area (Å²) < 4.78 is 0. The topological polar surface area (TPSA) is 40.5 Å². The van der Waals surface area contributed by atoms with E-state index in [1.54, 1.807) is 6.08 Å². The molecule has 2 heterocycles. The first-order valence-electron chi connectivity index (χ1n) is 3.61. The van der Waals surface area contributed by atoms with Gasteiger partial charge < -0.3 is 10.0 Å². The summed E-state index contributed by atoms with van der Waals surface area (Å²) in [5.74, 6) is 0.0676. The van der Waals surface area contributed by atoms with Gasteiger partial charge in [-0.2, -0.15) is 0 Å². The predicted octanol–water partition coefficient (Wildman–Crippen LogP) is 0.734. The normalized spacial score (nSPS) is 28.5. The molecule has 0 radical (unpaired) electrons. The molecule has 2 aliphatic heterocycles. The molecule has 1 saturated heterocycles. The number of fused-ring (bicyclic) bond motifs is 1. The summed E-state index contributed by atoms with van der Waals surface area (Å²) >= 11 is 1.82. The van der Waals surface area contributed by atoms with Gasteiger partial charge in [0.2, 0.25) is 0 Å². The van der Waals surface area contributed by atoms with E-state index in [0.717, 1.165) is 18.7 Å². The number of hydrogen-bond acceptors (Lipinski definition) is 3. The largest absolute Gasteiger partial charge is 0.477 e. The minimum absolute atomic E-state index is 0.450. The van der Waals surface area contributed by atoms with Crippen LogP contribution in [0.3, 0.4) is 0 Å². The van der Waals surface area contributed by atoms with Crippen molar-refractivity contribution >= 4 is 17.7 Å². The first kappa shape index (κ1) is 7.03. The molecule has 0 saturated carbocycles. The minimum Gasteiger partial charge on any atom is -0.477 e.